The first-order chi connectivity index (χ1) is 10.2. The minimum atomic E-state index is -0.275. The SMILES string of the molecule is COc1ccc(F)cc1C(NN)C1CC1c1ccccc1. The van der Waals surface area contributed by atoms with Gasteiger partial charge >= 0.3 is 0 Å². The summed E-state index contributed by atoms with van der Waals surface area (Å²) < 4.78 is 18.9. The Labute approximate surface area is 123 Å². The zero-order valence-electron chi connectivity index (χ0n) is 11.9. The number of hydrogen-bond acceptors (Lipinski definition) is 3. The van der Waals surface area contributed by atoms with Crippen molar-refractivity contribution < 1.29 is 9.13 Å². The molecule has 0 radical (unpaired) electrons. The molecule has 2 aromatic rings. The second-order valence-corrected chi connectivity index (χ2v) is 5.45. The Morgan fingerprint density at radius 1 is 1.24 bits per heavy atom. The van der Waals surface area contributed by atoms with Gasteiger partial charge in [-0.1, -0.05) is 30.3 Å². The molecule has 110 valence electrons. The van der Waals surface area contributed by atoms with E-state index in [0.29, 0.717) is 17.6 Å². The monoisotopic (exact) mass is 286 g/mol. The Kier molecular flexibility index (Phi) is 3.90. The average molecular weight is 286 g/mol. The van der Waals surface area contributed by atoms with Crippen LogP contribution in [0, 0.1) is 11.7 Å². The summed E-state index contributed by atoms with van der Waals surface area (Å²) in [5.41, 5.74) is 4.92. The van der Waals surface area contributed by atoms with Crippen LogP contribution in [-0.2, 0) is 0 Å². The van der Waals surface area contributed by atoms with Crippen LogP contribution < -0.4 is 16.0 Å². The molecule has 3 N–H and O–H groups in total. The molecule has 0 heterocycles. The van der Waals surface area contributed by atoms with E-state index >= 15 is 0 Å². The van der Waals surface area contributed by atoms with Gasteiger partial charge in [-0.3, -0.25) is 11.3 Å². The van der Waals surface area contributed by atoms with Crippen LogP contribution >= 0.6 is 0 Å². The zero-order chi connectivity index (χ0) is 14.8. The topological polar surface area (TPSA) is 47.3 Å². The van der Waals surface area contributed by atoms with E-state index in [2.05, 4.69) is 17.6 Å². The smallest absolute Gasteiger partial charge is 0.123 e. The summed E-state index contributed by atoms with van der Waals surface area (Å²) in [5.74, 6) is 6.93. The van der Waals surface area contributed by atoms with Gasteiger partial charge in [-0.25, -0.2) is 4.39 Å². The van der Waals surface area contributed by atoms with Gasteiger partial charge in [-0.15, -0.1) is 0 Å². The van der Waals surface area contributed by atoms with E-state index in [4.69, 9.17) is 10.6 Å². The Bertz CT molecular complexity index is 617. The zero-order valence-corrected chi connectivity index (χ0v) is 11.9. The lowest BCUT2D eigenvalue weighted by atomic mass is 9.98. The number of hydrazine groups is 1. The Balaban J connectivity index is 1.86. The first kappa shape index (κ1) is 14.0. The van der Waals surface area contributed by atoms with Crippen LogP contribution in [0.3, 0.4) is 0 Å². The average Bonchev–Trinajstić information content (AvgIpc) is 3.30. The molecule has 0 aliphatic heterocycles. The fourth-order valence-electron chi connectivity index (χ4n) is 3.06. The van der Waals surface area contributed by atoms with Crippen LogP contribution in [0.5, 0.6) is 5.75 Å². The van der Waals surface area contributed by atoms with Gasteiger partial charge in [-0.2, -0.15) is 0 Å². The first-order valence-electron chi connectivity index (χ1n) is 7.09. The Hall–Kier alpha value is -1.91. The van der Waals surface area contributed by atoms with Crippen LogP contribution in [-0.4, -0.2) is 7.11 Å². The van der Waals surface area contributed by atoms with Crippen LogP contribution in [0.25, 0.3) is 0 Å². The molecule has 3 atom stereocenters. The summed E-state index contributed by atoms with van der Waals surface area (Å²) in [6.07, 6.45) is 1.04. The van der Waals surface area contributed by atoms with Crippen LogP contribution in [0.15, 0.2) is 48.5 Å². The lowest BCUT2D eigenvalue weighted by molar-refractivity contribution is 0.389. The molecule has 21 heavy (non-hydrogen) atoms. The summed E-state index contributed by atoms with van der Waals surface area (Å²) in [6.45, 7) is 0. The fraction of sp³-hybridized carbons (Fsp3) is 0.294. The van der Waals surface area contributed by atoms with E-state index in [1.54, 1.807) is 13.2 Å². The largest absolute Gasteiger partial charge is 0.496 e. The summed E-state index contributed by atoms with van der Waals surface area (Å²) >= 11 is 0. The molecule has 0 saturated heterocycles. The lowest BCUT2D eigenvalue weighted by Crippen LogP contribution is -2.30. The van der Waals surface area contributed by atoms with Gasteiger partial charge < -0.3 is 4.74 Å². The molecule has 3 nitrogen and oxygen atoms in total. The number of ether oxygens (including phenoxy) is 1. The number of methoxy groups -OCH3 is 1. The van der Waals surface area contributed by atoms with E-state index in [9.17, 15) is 4.39 Å². The van der Waals surface area contributed by atoms with Gasteiger partial charge in [0.1, 0.15) is 11.6 Å². The maximum atomic E-state index is 13.6. The first-order valence-corrected chi connectivity index (χ1v) is 7.09. The molecule has 1 aliphatic carbocycles. The molecule has 1 saturated carbocycles. The van der Waals surface area contributed by atoms with Gasteiger partial charge in [0.05, 0.1) is 13.2 Å². The summed E-state index contributed by atoms with van der Waals surface area (Å²) in [4.78, 5) is 0. The third-order valence-corrected chi connectivity index (χ3v) is 4.20. The number of hydrogen-bond donors (Lipinski definition) is 2. The van der Waals surface area contributed by atoms with E-state index < -0.39 is 0 Å². The molecule has 3 unspecified atom stereocenters. The molecular formula is C17H19FN2O. The highest BCUT2D eigenvalue weighted by Crippen LogP contribution is 2.54. The summed E-state index contributed by atoms with van der Waals surface area (Å²) in [7, 11) is 1.59. The molecule has 0 aromatic heterocycles. The minimum Gasteiger partial charge on any atom is -0.496 e. The van der Waals surface area contributed by atoms with Crippen molar-refractivity contribution >= 4 is 0 Å². The van der Waals surface area contributed by atoms with Crippen molar-refractivity contribution in [3.63, 3.8) is 0 Å². The van der Waals surface area contributed by atoms with Gasteiger partial charge in [0.2, 0.25) is 0 Å². The molecular weight excluding hydrogens is 267 g/mol. The molecule has 4 heteroatoms. The van der Waals surface area contributed by atoms with Gasteiger partial charge in [0.25, 0.3) is 0 Å². The van der Waals surface area contributed by atoms with E-state index in [1.807, 2.05) is 18.2 Å². The van der Waals surface area contributed by atoms with Crippen molar-refractivity contribution in [3.8, 4) is 5.75 Å². The highest BCUT2D eigenvalue weighted by Gasteiger charge is 2.44. The maximum absolute atomic E-state index is 13.6. The molecule has 1 aliphatic rings. The molecule has 2 aromatic carbocycles. The van der Waals surface area contributed by atoms with Crippen molar-refractivity contribution in [2.75, 3.05) is 7.11 Å². The van der Waals surface area contributed by atoms with Crippen LogP contribution in [0.1, 0.15) is 29.5 Å². The number of rotatable bonds is 5. The van der Waals surface area contributed by atoms with Gasteiger partial charge in [-0.05, 0) is 42.0 Å². The van der Waals surface area contributed by atoms with Crippen molar-refractivity contribution in [3.05, 3.63) is 65.5 Å². The van der Waals surface area contributed by atoms with Gasteiger partial charge in [0, 0.05) is 5.56 Å². The van der Waals surface area contributed by atoms with Crippen LogP contribution in [0.2, 0.25) is 0 Å². The van der Waals surface area contributed by atoms with Crippen molar-refractivity contribution in [1.82, 2.24) is 5.43 Å². The number of nitrogens with one attached hydrogen (secondary N) is 1. The molecule has 1 fully saturated rings. The molecule has 0 amide bonds. The third kappa shape index (κ3) is 2.77. The van der Waals surface area contributed by atoms with E-state index in [-0.39, 0.29) is 11.9 Å². The second kappa shape index (κ2) is 5.84. The third-order valence-electron chi connectivity index (χ3n) is 4.20. The molecule has 0 spiro atoms. The number of nitrogens with two attached hydrogens (primary N) is 1. The summed E-state index contributed by atoms with van der Waals surface area (Å²) in [6, 6.07) is 14.8. The number of halogens is 1. The second-order valence-electron chi connectivity index (χ2n) is 5.45. The predicted octanol–water partition coefficient (Wildman–Crippen LogP) is 3.14. The molecule has 0 bridgehead atoms. The van der Waals surface area contributed by atoms with Crippen LogP contribution in [0.4, 0.5) is 4.39 Å². The lowest BCUT2D eigenvalue weighted by Gasteiger charge is -2.19. The van der Waals surface area contributed by atoms with E-state index in [0.717, 1.165) is 12.0 Å². The minimum absolute atomic E-state index is 0.110. The number of benzene rings is 2. The normalized spacial score (nSPS) is 21.9. The van der Waals surface area contributed by atoms with E-state index in [1.165, 1.54) is 17.7 Å². The van der Waals surface area contributed by atoms with Crippen molar-refractivity contribution in [2.24, 2.45) is 11.8 Å². The quantitative estimate of drug-likeness (QED) is 0.655. The highest BCUT2D eigenvalue weighted by molar-refractivity contribution is 5.39. The highest BCUT2D eigenvalue weighted by atomic mass is 19.1. The Morgan fingerprint density at radius 2 is 2.00 bits per heavy atom. The molecule has 3 rings (SSSR count). The fourth-order valence-corrected chi connectivity index (χ4v) is 3.06. The van der Waals surface area contributed by atoms with Crippen molar-refractivity contribution in [1.29, 1.82) is 0 Å². The van der Waals surface area contributed by atoms with Crippen molar-refractivity contribution in [2.45, 2.75) is 18.4 Å². The Morgan fingerprint density at radius 3 is 2.67 bits per heavy atom. The van der Waals surface area contributed by atoms with Gasteiger partial charge in [0.15, 0.2) is 0 Å². The summed E-state index contributed by atoms with van der Waals surface area (Å²) in [5, 5.41) is 0. The predicted molar refractivity (Wildman–Crippen MR) is 80.3 cm³/mol. The standard InChI is InChI=1S/C17H19FN2O/c1-21-16-8-7-12(18)9-15(16)17(20-19)14-10-13(14)11-5-3-2-4-6-11/h2-9,13-14,17,20H,10,19H2,1H3. The maximum Gasteiger partial charge on any atom is 0.123 e.